The molecule has 1 aromatic carbocycles. The highest BCUT2D eigenvalue weighted by Gasteiger charge is 2.13. The second kappa shape index (κ2) is 7.24. The number of nitrogen functional groups attached to an aromatic ring is 1. The van der Waals surface area contributed by atoms with E-state index in [1.54, 1.807) is 6.07 Å². The predicted molar refractivity (Wildman–Crippen MR) is 81.6 cm³/mol. The van der Waals surface area contributed by atoms with Gasteiger partial charge in [0.05, 0.1) is 17.2 Å². The summed E-state index contributed by atoms with van der Waals surface area (Å²) in [6.45, 7) is 5.97. The van der Waals surface area contributed by atoms with E-state index in [1.807, 2.05) is 0 Å². The minimum Gasteiger partial charge on any atom is -0.491 e. The van der Waals surface area contributed by atoms with Gasteiger partial charge < -0.3 is 20.3 Å². The molecule has 0 aromatic heterocycles. The number of benzene rings is 1. The average molecular weight is 294 g/mol. The second-order valence-electron chi connectivity index (χ2n) is 5.33. The first-order valence-electron chi connectivity index (χ1n) is 7.14. The lowest BCUT2D eigenvalue weighted by molar-refractivity contribution is -0.384. The van der Waals surface area contributed by atoms with Crippen LogP contribution in [0.3, 0.4) is 0 Å². The first-order chi connectivity index (χ1) is 10.1. The van der Waals surface area contributed by atoms with Crippen LogP contribution in [-0.4, -0.2) is 61.1 Å². The summed E-state index contributed by atoms with van der Waals surface area (Å²) in [6.07, 6.45) is 0.917. The summed E-state index contributed by atoms with van der Waals surface area (Å²) in [4.78, 5) is 14.9. The molecule has 0 bridgehead atoms. The number of piperazine rings is 1. The van der Waals surface area contributed by atoms with Crippen LogP contribution >= 0.6 is 0 Å². The van der Waals surface area contributed by atoms with E-state index >= 15 is 0 Å². The molecular weight excluding hydrogens is 272 g/mol. The zero-order chi connectivity index (χ0) is 15.2. The highest BCUT2D eigenvalue weighted by molar-refractivity contribution is 5.58. The van der Waals surface area contributed by atoms with Gasteiger partial charge in [0.15, 0.2) is 0 Å². The van der Waals surface area contributed by atoms with Gasteiger partial charge in [-0.3, -0.25) is 10.1 Å². The Balaban J connectivity index is 1.72. The third kappa shape index (κ3) is 4.57. The predicted octanol–water partition coefficient (Wildman–Crippen LogP) is 1.19. The van der Waals surface area contributed by atoms with Crippen LogP contribution in [0.2, 0.25) is 0 Å². The molecule has 1 aromatic rings. The number of hydrogen-bond acceptors (Lipinski definition) is 6. The van der Waals surface area contributed by atoms with Gasteiger partial charge in [0, 0.05) is 44.9 Å². The highest BCUT2D eigenvalue weighted by Crippen LogP contribution is 2.26. The zero-order valence-corrected chi connectivity index (χ0v) is 12.3. The fourth-order valence-corrected chi connectivity index (χ4v) is 2.32. The summed E-state index contributed by atoms with van der Waals surface area (Å²) >= 11 is 0. The molecule has 0 radical (unpaired) electrons. The monoisotopic (exact) mass is 294 g/mol. The van der Waals surface area contributed by atoms with Crippen molar-refractivity contribution in [2.45, 2.75) is 6.42 Å². The topological polar surface area (TPSA) is 84.9 Å². The van der Waals surface area contributed by atoms with E-state index in [0.717, 1.165) is 39.1 Å². The van der Waals surface area contributed by atoms with Crippen molar-refractivity contribution >= 4 is 11.4 Å². The molecule has 0 unspecified atom stereocenters. The minimum absolute atomic E-state index is 0.0164. The lowest BCUT2D eigenvalue weighted by Crippen LogP contribution is -2.44. The van der Waals surface area contributed by atoms with Crippen LogP contribution in [-0.2, 0) is 0 Å². The van der Waals surface area contributed by atoms with Gasteiger partial charge in [0.25, 0.3) is 5.69 Å². The molecule has 0 aliphatic carbocycles. The third-order valence-electron chi connectivity index (χ3n) is 3.68. The summed E-state index contributed by atoms with van der Waals surface area (Å²) < 4.78 is 5.60. The number of rotatable bonds is 6. The minimum atomic E-state index is -0.465. The first kappa shape index (κ1) is 15.5. The van der Waals surface area contributed by atoms with Gasteiger partial charge in [0.1, 0.15) is 5.75 Å². The van der Waals surface area contributed by atoms with Gasteiger partial charge >= 0.3 is 0 Å². The maximum absolute atomic E-state index is 10.6. The second-order valence-corrected chi connectivity index (χ2v) is 5.33. The summed E-state index contributed by atoms with van der Waals surface area (Å²) in [5.41, 5.74) is 6.05. The van der Waals surface area contributed by atoms with Gasteiger partial charge in [-0.25, -0.2) is 0 Å². The van der Waals surface area contributed by atoms with Crippen LogP contribution in [0.1, 0.15) is 6.42 Å². The standard InChI is InChI=1S/C14H22N4O3/c1-16-6-8-17(9-7-16)5-2-10-21-14-4-3-12(18(19)20)11-13(14)15/h3-4,11H,2,5-10,15H2,1H3. The number of nitro groups is 1. The van der Waals surface area contributed by atoms with Crippen molar-refractivity contribution in [3.63, 3.8) is 0 Å². The van der Waals surface area contributed by atoms with Crippen LogP contribution in [0.25, 0.3) is 0 Å². The zero-order valence-electron chi connectivity index (χ0n) is 12.3. The average Bonchev–Trinajstić information content (AvgIpc) is 2.46. The fraction of sp³-hybridized carbons (Fsp3) is 0.571. The van der Waals surface area contributed by atoms with E-state index in [-0.39, 0.29) is 5.69 Å². The third-order valence-corrected chi connectivity index (χ3v) is 3.68. The molecule has 0 amide bonds. The molecule has 1 fully saturated rings. The van der Waals surface area contributed by atoms with Crippen molar-refractivity contribution in [2.75, 3.05) is 52.1 Å². The molecule has 0 saturated carbocycles. The Morgan fingerprint density at radius 1 is 1.33 bits per heavy atom. The number of likely N-dealkylation sites (N-methyl/N-ethyl adjacent to an activating group) is 1. The molecule has 2 N–H and O–H groups in total. The SMILES string of the molecule is CN1CCN(CCCOc2ccc([N+](=O)[O-])cc2N)CC1. The Hall–Kier alpha value is -1.86. The van der Waals surface area contributed by atoms with E-state index in [4.69, 9.17) is 10.5 Å². The molecule has 1 aliphatic heterocycles. The number of non-ortho nitro benzene ring substituents is 1. The normalized spacial score (nSPS) is 16.8. The van der Waals surface area contributed by atoms with E-state index in [1.165, 1.54) is 12.1 Å². The molecule has 21 heavy (non-hydrogen) atoms. The van der Waals surface area contributed by atoms with Crippen LogP contribution in [0.5, 0.6) is 5.75 Å². The highest BCUT2D eigenvalue weighted by atomic mass is 16.6. The molecule has 1 saturated heterocycles. The Bertz CT molecular complexity index is 487. The smallest absolute Gasteiger partial charge is 0.271 e. The van der Waals surface area contributed by atoms with Gasteiger partial charge in [0.2, 0.25) is 0 Å². The molecule has 2 rings (SSSR count). The van der Waals surface area contributed by atoms with E-state index in [0.29, 0.717) is 18.0 Å². The van der Waals surface area contributed by atoms with Crippen molar-refractivity contribution in [3.05, 3.63) is 28.3 Å². The number of anilines is 1. The van der Waals surface area contributed by atoms with Crippen LogP contribution in [0.4, 0.5) is 11.4 Å². The molecule has 1 heterocycles. The fourth-order valence-electron chi connectivity index (χ4n) is 2.32. The summed E-state index contributed by atoms with van der Waals surface area (Å²) in [6, 6.07) is 4.30. The van der Waals surface area contributed by atoms with Crippen molar-refractivity contribution in [2.24, 2.45) is 0 Å². The number of hydrogen-bond donors (Lipinski definition) is 1. The summed E-state index contributed by atoms with van der Waals surface area (Å²) in [5, 5.41) is 10.6. The van der Waals surface area contributed by atoms with Gasteiger partial charge in [-0.05, 0) is 19.5 Å². The molecule has 116 valence electrons. The lowest BCUT2D eigenvalue weighted by atomic mass is 10.2. The number of nitrogens with two attached hydrogens (primary N) is 1. The number of nitro benzene ring substituents is 1. The van der Waals surface area contributed by atoms with Crippen molar-refractivity contribution < 1.29 is 9.66 Å². The van der Waals surface area contributed by atoms with Crippen LogP contribution < -0.4 is 10.5 Å². The first-order valence-corrected chi connectivity index (χ1v) is 7.14. The largest absolute Gasteiger partial charge is 0.491 e. The van der Waals surface area contributed by atoms with Crippen LogP contribution in [0, 0.1) is 10.1 Å². The van der Waals surface area contributed by atoms with E-state index in [2.05, 4.69) is 16.8 Å². The van der Waals surface area contributed by atoms with Gasteiger partial charge in [-0.1, -0.05) is 0 Å². The Morgan fingerprint density at radius 3 is 2.67 bits per heavy atom. The van der Waals surface area contributed by atoms with Crippen molar-refractivity contribution in [1.29, 1.82) is 0 Å². The molecule has 0 spiro atoms. The molecule has 0 atom stereocenters. The molecular formula is C14H22N4O3. The number of nitrogens with zero attached hydrogens (tertiary/aromatic N) is 3. The maximum Gasteiger partial charge on any atom is 0.271 e. The number of ether oxygens (including phenoxy) is 1. The summed E-state index contributed by atoms with van der Waals surface area (Å²) in [7, 11) is 2.14. The summed E-state index contributed by atoms with van der Waals surface area (Å²) in [5.74, 6) is 0.513. The van der Waals surface area contributed by atoms with E-state index in [9.17, 15) is 10.1 Å². The Kier molecular flexibility index (Phi) is 5.35. The quantitative estimate of drug-likeness (QED) is 0.367. The van der Waals surface area contributed by atoms with Crippen LogP contribution in [0.15, 0.2) is 18.2 Å². The molecule has 1 aliphatic rings. The van der Waals surface area contributed by atoms with Gasteiger partial charge in [-0.15, -0.1) is 0 Å². The Morgan fingerprint density at radius 2 is 2.05 bits per heavy atom. The van der Waals surface area contributed by atoms with E-state index < -0.39 is 4.92 Å². The van der Waals surface area contributed by atoms with Gasteiger partial charge in [-0.2, -0.15) is 0 Å². The maximum atomic E-state index is 10.6. The lowest BCUT2D eigenvalue weighted by Gasteiger charge is -2.32. The molecule has 7 heteroatoms. The van der Waals surface area contributed by atoms with Crippen molar-refractivity contribution in [3.8, 4) is 5.75 Å². The molecule has 7 nitrogen and oxygen atoms in total. The Labute approximate surface area is 124 Å². The van der Waals surface area contributed by atoms with Crippen molar-refractivity contribution in [1.82, 2.24) is 9.80 Å².